The predicted molar refractivity (Wildman–Crippen MR) is 55.9 cm³/mol. The number of amides is 1. The summed E-state index contributed by atoms with van der Waals surface area (Å²) in [5.41, 5.74) is 4.87. The highest BCUT2D eigenvalue weighted by molar-refractivity contribution is 5.74. The first-order valence-corrected chi connectivity index (χ1v) is 4.92. The molecule has 0 fully saturated rings. The Morgan fingerprint density at radius 1 is 1.20 bits per heavy atom. The topological polar surface area (TPSA) is 104 Å². The summed E-state index contributed by atoms with van der Waals surface area (Å²) in [6.07, 6.45) is 1.34. The van der Waals surface area contributed by atoms with Crippen LogP contribution in [0.5, 0.6) is 0 Å². The van der Waals surface area contributed by atoms with Gasteiger partial charge in [0.2, 0.25) is 5.91 Å². The second-order valence-electron chi connectivity index (χ2n) is 3.62. The Morgan fingerprint density at radius 3 is 2.20 bits per heavy atom. The normalized spacial score (nSPS) is 17.6. The number of carbonyl (C=O) groups is 1. The highest BCUT2D eigenvalue weighted by Crippen LogP contribution is 2.03. The maximum atomic E-state index is 10.4. The summed E-state index contributed by atoms with van der Waals surface area (Å²) in [7, 11) is 0. The fourth-order valence-electron chi connectivity index (χ4n) is 1.04. The Balaban J connectivity index is 3.78. The number of aliphatic hydroxyl groups is 3. The molecule has 5 heteroatoms. The van der Waals surface area contributed by atoms with Gasteiger partial charge < -0.3 is 21.1 Å². The van der Waals surface area contributed by atoms with Crippen LogP contribution in [0.15, 0.2) is 12.2 Å². The molecule has 0 aromatic heterocycles. The average Bonchev–Trinajstić information content (AvgIpc) is 2.10. The number of carbonyl (C=O) groups excluding carboxylic acids is 1. The van der Waals surface area contributed by atoms with Crippen molar-refractivity contribution in [1.82, 2.24) is 0 Å². The zero-order valence-electron chi connectivity index (χ0n) is 8.84. The number of rotatable bonds is 7. The second-order valence-corrected chi connectivity index (χ2v) is 3.62. The summed E-state index contributed by atoms with van der Waals surface area (Å²) in [6.45, 7) is 1.64. The molecule has 3 atom stereocenters. The summed E-state index contributed by atoms with van der Waals surface area (Å²) in [4.78, 5) is 10.4. The van der Waals surface area contributed by atoms with Crippen LogP contribution in [-0.2, 0) is 4.79 Å². The van der Waals surface area contributed by atoms with Crippen molar-refractivity contribution in [2.75, 3.05) is 0 Å². The third-order valence-electron chi connectivity index (χ3n) is 1.85. The van der Waals surface area contributed by atoms with Crippen molar-refractivity contribution in [3.63, 3.8) is 0 Å². The molecular formula is C10H19NO4. The Bertz CT molecular complexity index is 215. The van der Waals surface area contributed by atoms with Crippen LogP contribution in [0.4, 0.5) is 0 Å². The van der Waals surface area contributed by atoms with Gasteiger partial charge in [-0.15, -0.1) is 0 Å². The lowest BCUT2D eigenvalue weighted by atomic mass is 10.1. The molecule has 88 valence electrons. The zero-order valence-corrected chi connectivity index (χ0v) is 8.84. The fraction of sp³-hybridized carbons (Fsp3) is 0.700. The van der Waals surface area contributed by atoms with E-state index >= 15 is 0 Å². The molecule has 0 radical (unpaired) electrons. The molecule has 15 heavy (non-hydrogen) atoms. The SMILES string of the molecule is CC(O)CCC(O)/C=C/C(O)CC(N)=O. The van der Waals surface area contributed by atoms with Crippen molar-refractivity contribution in [1.29, 1.82) is 0 Å². The van der Waals surface area contributed by atoms with E-state index in [4.69, 9.17) is 10.8 Å². The van der Waals surface area contributed by atoms with Gasteiger partial charge in [-0.25, -0.2) is 0 Å². The standard InChI is InChI=1S/C10H19NO4/c1-7(12)2-3-8(13)4-5-9(14)6-10(11)15/h4-5,7-9,12-14H,2-3,6H2,1H3,(H2,11,15)/b5-4+. The van der Waals surface area contributed by atoms with E-state index in [1.54, 1.807) is 6.92 Å². The van der Waals surface area contributed by atoms with Gasteiger partial charge in [-0.2, -0.15) is 0 Å². The summed E-state index contributed by atoms with van der Waals surface area (Å²) in [5, 5.41) is 27.5. The minimum absolute atomic E-state index is 0.153. The highest BCUT2D eigenvalue weighted by atomic mass is 16.3. The molecule has 0 rings (SSSR count). The van der Waals surface area contributed by atoms with Gasteiger partial charge >= 0.3 is 0 Å². The minimum Gasteiger partial charge on any atom is -0.393 e. The summed E-state index contributed by atoms with van der Waals surface area (Å²) >= 11 is 0. The van der Waals surface area contributed by atoms with Crippen molar-refractivity contribution >= 4 is 5.91 Å². The van der Waals surface area contributed by atoms with Crippen LogP contribution in [0.25, 0.3) is 0 Å². The van der Waals surface area contributed by atoms with Crippen molar-refractivity contribution < 1.29 is 20.1 Å². The predicted octanol–water partition coefficient (Wildman–Crippen LogP) is -0.699. The number of nitrogens with two attached hydrogens (primary N) is 1. The Kier molecular flexibility index (Phi) is 6.94. The molecule has 5 N–H and O–H groups in total. The van der Waals surface area contributed by atoms with Crippen LogP contribution in [0, 0.1) is 0 Å². The summed E-state index contributed by atoms with van der Waals surface area (Å²) < 4.78 is 0. The molecule has 0 spiro atoms. The summed E-state index contributed by atoms with van der Waals surface area (Å²) in [5.74, 6) is -0.592. The monoisotopic (exact) mass is 217 g/mol. The molecule has 0 aliphatic rings. The fourth-order valence-corrected chi connectivity index (χ4v) is 1.04. The average molecular weight is 217 g/mol. The highest BCUT2D eigenvalue weighted by Gasteiger charge is 2.06. The van der Waals surface area contributed by atoms with Crippen LogP contribution < -0.4 is 5.73 Å². The first-order chi connectivity index (χ1) is 6.91. The second kappa shape index (κ2) is 7.39. The lowest BCUT2D eigenvalue weighted by molar-refractivity contribution is -0.119. The van der Waals surface area contributed by atoms with Gasteiger partial charge in [0, 0.05) is 0 Å². The summed E-state index contributed by atoms with van der Waals surface area (Å²) in [6, 6.07) is 0. The molecule has 0 aliphatic carbocycles. The number of hydrogen-bond donors (Lipinski definition) is 4. The van der Waals surface area contributed by atoms with Crippen LogP contribution in [0.2, 0.25) is 0 Å². The maximum absolute atomic E-state index is 10.4. The molecule has 0 heterocycles. The lowest BCUT2D eigenvalue weighted by Gasteiger charge is -2.08. The van der Waals surface area contributed by atoms with Crippen LogP contribution >= 0.6 is 0 Å². The number of primary amides is 1. The first kappa shape index (κ1) is 14.1. The number of hydrogen-bond acceptors (Lipinski definition) is 4. The maximum Gasteiger partial charge on any atom is 0.220 e. The molecule has 0 bridgehead atoms. The van der Waals surface area contributed by atoms with Gasteiger partial charge in [-0.1, -0.05) is 12.2 Å². The zero-order chi connectivity index (χ0) is 11.8. The molecule has 0 aromatic rings. The molecule has 0 aliphatic heterocycles. The van der Waals surface area contributed by atoms with Crippen molar-refractivity contribution in [3.05, 3.63) is 12.2 Å². The van der Waals surface area contributed by atoms with E-state index in [0.29, 0.717) is 12.8 Å². The molecule has 0 saturated heterocycles. The molecular weight excluding hydrogens is 198 g/mol. The third-order valence-corrected chi connectivity index (χ3v) is 1.85. The van der Waals surface area contributed by atoms with Crippen LogP contribution in [0.3, 0.4) is 0 Å². The molecule has 0 aromatic carbocycles. The van der Waals surface area contributed by atoms with E-state index in [1.165, 1.54) is 12.2 Å². The van der Waals surface area contributed by atoms with E-state index in [0.717, 1.165) is 0 Å². The van der Waals surface area contributed by atoms with E-state index in [2.05, 4.69) is 0 Å². The smallest absolute Gasteiger partial charge is 0.220 e. The first-order valence-electron chi connectivity index (χ1n) is 4.92. The molecule has 3 unspecified atom stereocenters. The molecule has 0 saturated carbocycles. The number of aliphatic hydroxyl groups excluding tert-OH is 3. The lowest BCUT2D eigenvalue weighted by Crippen LogP contribution is -2.18. The van der Waals surface area contributed by atoms with Crippen molar-refractivity contribution in [2.45, 2.75) is 44.5 Å². The Morgan fingerprint density at radius 2 is 1.73 bits per heavy atom. The third kappa shape index (κ3) is 9.40. The van der Waals surface area contributed by atoms with Crippen molar-refractivity contribution in [3.8, 4) is 0 Å². The molecule has 1 amide bonds. The van der Waals surface area contributed by atoms with Gasteiger partial charge in [-0.05, 0) is 19.8 Å². The van der Waals surface area contributed by atoms with Crippen molar-refractivity contribution in [2.24, 2.45) is 5.73 Å². The van der Waals surface area contributed by atoms with Gasteiger partial charge in [0.25, 0.3) is 0 Å². The van der Waals surface area contributed by atoms with Gasteiger partial charge in [0.15, 0.2) is 0 Å². The Hall–Kier alpha value is -0.910. The van der Waals surface area contributed by atoms with Crippen LogP contribution in [-0.4, -0.2) is 39.5 Å². The molecule has 5 nitrogen and oxygen atoms in total. The van der Waals surface area contributed by atoms with E-state index < -0.39 is 24.2 Å². The Labute approximate surface area is 89.2 Å². The van der Waals surface area contributed by atoms with Gasteiger partial charge in [-0.3, -0.25) is 4.79 Å². The minimum atomic E-state index is -0.955. The van der Waals surface area contributed by atoms with Gasteiger partial charge in [0.05, 0.1) is 24.7 Å². The van der Waals surface area contributed by atoms with E-state index in [1.807, 2.05) is 0 Å². The van der Waals surface area contributed by atoms with E-state index in [9.17, 15) is 15.0 Å². The van der Waals surface area contributed by atoms with E-state index in [-0.39, 0.29) is 6.42 Å². The van der Waals surface area contributed by atoms with Crippen LogP contribution in [0.1, 0.15) is 26.2 Å². The van der Waals surface area contributed by atoms with Gasteiger partial charge in [0.1, 0.15) is 0 Å². The quantitative estimate of drug-likeness (QED) is 0.423. The largest absolute Gasteiger partial charge is 0.393 e.